The molecule has 1 rings (SSSR count). The average molecular weight is 231 g/mol. The van der Waals surface area contributed by atoms with Gasteiger partial charge < -0.3 is 9.84 Å². The van der Waals surface area contributed by atoms with Crippen LogP contribution in [0.5, 0.6) is 0 Å². The maximum Gasteiger partial charge on any atom is 0.261 e. The maximum absolute atomic E-state index is 11.7. The fourth-order valence-electron chi connectivity index (χ4n) is 1.29. The Morgan fingerprint density at radius 2 is 2.19 bits per heavy atom. The number of halogens is 2. The van der Waals surface area contributed by atoms with Crippen molar-refractivity contribution in [1.82, 2.24) is 4.98 Å². The van der Waals surface area contributed by atoms with Crippen molar-refractivity contribution in [3.63, 3.8) is 0 Å². The Balaban J connectivity index is 2.32. The Kier molecular flexibility index (Phi) is 5.28. The zero-order chi connectivity index (χ0) is 12.0. The highest BCUT2D eigenvalue weighted by atomic mass is 19.3. The fraction of sp³-hybridized carbons (Fsp3) is 0.545. The second-order valence-corrected chi connectivity index (χ2v) is 3.57. The molecule has 1 N–H and O–H groups in total. The van der Waals surface area contributed by atoms with Gasteiger partial charge in [-0.05, 0) is 18.1 Å². The van der Waals surface area contributed by atoms with Gasteiger partial charge in [0, 0.05) is 25.4 Å². The first-order chi connectivity index (χ1) is 7.59. The number of alkyl halides is 2. The van der Waals surface area contributed by atoms with Gasteiger partial charge in [0.15, 0.2) is 0 Å². The van der Waals surface area contributed by atoms with Gasteiger partial charge in [0.1, 0.15) is 6.61 Å². The maximum atomic E-state index is 11.7. The lowest BCUT2D eigenvalue weighted by Gasteiger charge is -2.11. The monoisotopic (exact) mass is 231 g/mol. The molecule has 1 aromatic heterocycles. The van der Waals surface area contributed by atoms with E-state index in [1.165, 1.54) is 0 Å². The molecule has 0 aromatic carbocycles. The summed E-state index contributed by atoms with van der Waals surface area (Å²) in [5.41, 5.74) is 1.63. The normalized spacial score (nSPS) is 13.1. The minimum absolute atomic E-state index is 0.111. The molecule has 1 atom stereocenters. The van der Waals surface area contributed by atoms with Gasteiger partial charge in [-0.2, -0.15) is 0 Å². The molecule has 16 heavy (non-hydrogen) atoms. The topological polar surface area (TPSA) is 42.4 Å². The number of aliphatic hydroxyl groups excluding tert-OH is 1. The van der Waals surface area contributed by atoms with Gasteiger partial charge in [-0.25, -0.2) is 8.78 Å². The van der Waals surface area contributed by atoms with Gasteiger partial charge in [0.2, 0.25) is 0 Å². The standard InChI is InChI=1S/C11H15F2NO2/c1-8-4-9(6-14-5-8)10(15)2-3-16-7-11(12)13/h4-6,10-11,15H,2-3,7H2,1H3. The third kappa shape index (κ3) is 4.63. The molecule has 5 heteroatoms. The molecule has 0 bridgehead atoms. The van der Waals surface area contributed by atoms with E-state index >= 15 is 0 Å². The van der Waals surface area contributed by atoms with Crippen LogP contribution in [0.2, 0.25) is 0 Å². The van der Waals surface area contributed by atoms with Crippen LogP contribution in [0.4, 0.5) is 8.78 Å². The molecule has 0 amide bonds. The van der Waals surface area contributed by atoms with E-state index in [-0.39, 0.29) is 13.0 Å². The highest BCUT2D eigenvalue weighted by molar-refractivity contribution is 5.18. The summed E-state index contributed by atoms with van der Waals surface area (Å²) in [7, 11) is 0. The summed E-state index contributed by atoms with van der Waals surface area (Å²) in [6, 6.07) is 1.81. The first-order valence-electron chi connectivity index (χ1n) is 5.05. The van der Waals surface area contributed by atoms with Crippen LogP contribution in [0.1, 0.15) is 23.7 Å². The number of hydrogen-bond donors (Lipinski definition) is 1. The summed E-state index contributed by atoms with van der Waals surface area (Å²) in [6.45, 7) is 1.40. The summed E-state index contributed by atoms with van der Waals surface area (Å²) >= 11 is 0. The van der Waals surface area contributed by atoms with Crippen molar-refractivity contribution >= 4 is 0 Å². The van der Waals surface area contributed by atoms with Gasteiger partial charge in [0.05, 0.1) is 6.10 Å². The lowest BCUT2D eigenvalue weighted by molar-refractivity contribution is 0.00478. The van der Waals surface area contributed by atoms with Crippen molar-refractivity contribution in [2.75, 3.05) is 13.2 Å². The lowest BCUT2D eigenvalue weighted by atomic mass is 10.1. The lowest BCUT2D eigenvalue weighted by Crippen LogP contribution is -2.08. The zero-order valence-corrected chi connectivity index (χ0v) is 9.07. The number of ether oxygens (including phenoxy) is 1. The highest BCUT2D eigenvalue weighted by Crippen LogP contribution is 2.16. The van der Waals surface area contributed by atoms with E-state index < -0.39 is 19.1 Å². The number of aryl methyl sites for hydroxylation is 1. The minimum Gasteiger partial charge on any atom is -0.388 e. The molecule has 90 valence electrons. The molecule has 0 aliphatic rings. The molecule has 3 nitrogen and oxygen atoms in total. The Morgan fingerprint density at radius 1 is 1.44 bits per heavy atom. The van der Waals surface area contributed by atoms with Crippen molar-refractivity contribution in [1.29, 1.82) is 0 Å². The van der Waals surface area contributed by atoms with E-state index in [1.54, 1.807) is 12.4 Å². The molecule has 1 unspecified atom stereocenters. The van der Waals surface area contributed by atoms with E-state index in [0.717, 1.165) is 5.56 Å². The van der Waals surface area contributed by atoms with E-state index in [1.807, 2.05) is 13.0 Å². The molecule has 0 aliphatic heterocycles. The van der Waals surface area contributed by atoms with E-state index in [0.29, 0.717) is 5.56 Å². The van der Waals surface area contributed by atoms with Gasteiger partial charge in [-0.3, -0.25) is 4.98 Å². The molecular formula is C11H15F2NO2. The smallest absolute Gasteiger partial charge is 0.261 e. The molecule has 1 aromatic rings. The van der Waals surface area contributed by atoms with Gasteiger partial charge >= 0.3 is 0 Å². The van der Waals surface area contributed by atoms with E-state index in [4.69, 9.17) is 0 Å². The van der Waals surface area contributed by atoms with Crippen molar-refractivity contribution < 1.29 is 18.6 Å². The molecule has 0 aliphatic carbocycles. The predicted molar refractivity (Wildman–Crippen MR) is 55.4 cm³/mol. The third-order valence-electron chi connectivity index (χ3n) is 2.06. The van der Waals surface area contributed by atoms with Gasteiger partial charge in [-0.1, -0.05) is 6.07 Å². The van der Waals surface area contributed by atoms with Crippen molar-refractivity contribution in [2.24, 2.45) is 0 Å². The summed E-state index contributed by atoms with van der Waals surface area (Å²) in [6.07, 6.45) is 0.356. The molecule has 0 spiro atoms. The van der Waals surface area contributed by atoms with E-state index in [2.05, 4.69) is 9.72 Å². The second-order valence-electron chi connectivity index (χ2n) is 3.57. The quantitative estimate of drug-likeness (QED) is 0.762. The summed E-state index contributed by atoms with van der Waals surface area (Å²) in [5.74, 6) is 0. The summed E-state index contributed by atoms with van der Waals surface area (Å²) < 4.78 is 28.2. The van der Waals surface area contributed by atoms with Crippen LogP contribution in [-0.2, 0) is 4.74 Å². The Morgan fingerprint density at radius 3 is 2.81 bits per heavy atom. The number of pyridine rings is 1. The van der Waals surface area contributed by atoms with Crippen LogP contribution in [-0.4, -0.2) is 29.7 Å². The molecular weight excluding hydrogens is 216 g/mol. The molecule has 0 fully saturated rings. The summed E-state index contributed by atoms with van der Waals surface area (Å²) in [4.78, 5) is 3.94. The predicted octanol–water partition coefficient (Wildman–Crippen LogP) is 2.10. The van der Waals surface area contributed by atoms with Crippen LogP contribution in [0.3, 0.4) is 0 Å². The van der Waals surface area contributed by atoms with Crippen LogP contribution in [0, 0.1) is 6.92 Å². The van der Waals surface area contributed by atoms with Crippen LogP contribution < -0.4 is 0 Å². The van der Waals surface area contributed by atoms with Gasteiger partial charge in [0.25, 0.3) is 6.43 Å². The third-order valence-corrected chi connectivity index (χ3v) is 2.06. The number of nitrogens with zero attached hydrogens (tertiary/aromatic N) is 1. The van der Waals surface area contributed by atoms with Gasteiger partial charge in [-0.15, -0.1) is 0 Å². The Labute approximate surface area is 93.1 Å². The second kappa shape index (κ2) is 6.50. The van der Waals surface area contributed by atoms with Crippen LogP contribution >= 0.6 is 0 Å². The highest BCUT2D eigenvalue weighted by Gasteiger charge is 2.09. The van der Waals surface area contributed by atoms with Crippen molar-refractivity contribution in [2.45, 2.75) is 25.9 Å². The number of rotatable bonds is 6. The van der Waals surface area contributed by atoms with E-state index in [9.17, 15) is 13.9 Å². The molecule has 0 saturated heterocycles. The number of aliphatic hydroxyl groups is 1. The zero-order valence-electron chi connectivity index (χ0n) is 9.07. The Hall–Kier alpha value is -1.07. The molecule has 0 radical (unpaired) electrons. The first kappa shape index (κ1) is 13.0. The van der Waals surface area contributed by atoms with Crippen molar-refractivity contribution in [3.8, 4) is 0 Å². The largest absolute Gasteiger partial charge is 0.388 e. The molecule has 1 heterocycles. The van der Waals surface area contributed by atoms with Crippen LogP contribution in [0.15, 0.2) is 18.5 Å². The molecule has 0 saturated carbocycles. The SMILES string of the molecule is Cc1cncc(C(O)CCOCC(F)F)c1. The fourth-order valence-corrected chi connectivity index (χ4v) is 1.29. The number of aromatic nitrogens is 1. The average Bonchev–Trinajstić information content (AvgIpc) is 2.24. The van der Waals surface area contributed by atoms with Crippen LogP contribution in [0.25, 0.3) is 0 Å². The summed E-state index contributed by atoms with van der Waals surface area (Å²) in [5, 5.41) is 9.70. The first-order valence-corrected chi connectivity index (χ1v) is 5.05. The Bertz CT molecular complexity index is 321. The van der Waals surface area contributed by atoms with Crippen molar-refractivity contribution in [3.05, 3.63) is 29.6 Å². The minimum atomic E-state index is -2.46. The number of hydrogen-bond acceptors (Lipinski definition) is 3.